The Morgan fingerprint density at radius 2 is 1.95 bits per heavy atom. The Labute approximate surface area is 117 Å². The summed E-state index contributed by atoms with van der Waals surface area (Å²) in [5.74, 6) is 0.265. The van der Waals surface area contributed by atoms with E-state index >= 15 is 0 Å². The number of hydrogen-bond acceptors (Lipinski definition) is 4. The molecular weight excluding hydrogens is 264 g/mol. The van der Waals surface area contributed by atoms with Gasteiger partial charge in [0, 0.05) is 12.9 Å². The second-order valence-electron chi connectivity index (χ2n) is 6.03. The quantitative estimate of drug-likeness (QED) is 0.813. The van der Waals surface area contributed by atoms with E-state index in [0.29, 0.717) is 13.0 Å². The zero-order valence-corrected chi connectivity index (χ0v) is 13.3. The molecule has 1 N–H and O–H groups in total. The second kappa shape index (κ2) is 7.04. The maximum absolute atomic E-state index is 11.7. The SMILES string of the molecule is CCOC(C(C)C)C(O)C1CCCC(S(C)(=O)=O)C1. The fourth-order valence-corrected chi connectivity index (χ4v) is 4.22. The molecule has 1 rings (SSSR count). The van der Waals surface area contributed by atoms with Crippen LogP contribution in [0.15, 0.2) is 0 Å². The molecule has 4 atom stereocenters. The van der Waals surface area contributed by atoms with Gasteiger partial charge in [-0.3, -0.25) is 0 Å². The van der Waals surface area contributed by atoms with Crippen LogP contribution in [-0.2, 0) is 14.6 Å². The van der Waals surface area contributed by atoms with Crippen LogP contribution < -0.4 is 0 Å². The molecule has 5 heteroatoms. The molecule has 4 nitrogen and oxygen atoms in total. The summed E-state index contributed by atoms with van der Waals surface area (Å²) in [7, 11) is -3.00. The fourth-order valence-electron chi connectivity index (χ4n) is 3.03. The Bertz CT molecular complexity index is 364. The normalized spacial score (nSPS) is 28.3. The molecule has 1 saturated carbocycles. The smallest absolute Gasteiger partial charge is 0.150 e. The maximum Gasteiger partial charge on any atom is 0.150 e. The van der Waals surface area contributed by atoms with Gasteiger partial charge in [-0.05, 0) is 38.0 Å². The Balaban J connectivity index is 2.72. The average Bonchev–Trinajstić information content (AvgIpc) is 2.34. The van der Waals surface area contributed by atoms with Crippen molar-refractivity contribution in [1.82, 2.24) is 0 Å². The number of aliphatic hydroxyl groups is 1. The standard InChI is InChI=1S/C14H28O4S/c1-5-18-14(10(2)3)13(15)11-7-6-8-12(9-11)19(4,16)17/h10-15H,5-9H2,1-4H3. The van der Waals surface area contributed by atoms with Crippen LogP contribution in [-0.4, -0.2) is 43.8 Å². The topological polar surface area (TPSA) is 63.6 Å². The van der Waals surface area contributed by atoms with Crippen molar-refractivity contribution in [2.24, 2.45) is 11.8 Å². The third kappa shape index (κ3) is 4.72. The summed E-state index contributed by atoms with van der Waals surface area (Å²) in [4.78, 5) is 0. The number of hydrogen-bond donors (Lipinski definition) is 1. The first-order valence-corrected chi connectivity index (χ1v) is 9.21. The van der Waals surface area contributed by atoms with E-state index in [1.807, 2.05) is 20.8 Å². The number of aliphatic hydroxyl groups excluding tert-OH is 1. The lowest BCUT2D eigenvalue weighted by Gasteiger charge is -2.36. The molecule has 0 bridgehead atoms. The second-order valence-corrected chi connectivity index (χ2v) is 8.36. The Kier molecular flexibility index (Phi) is 6.27. The predicted octanol–water partition coefficient (Wildman–Crippen LogP) is 2.01. The average molecular weight is 292 g/mol. The monoisotopic (exact) mass is 292 g/mol. The Hall–Kier alpha value is -0.130. The van der Waals surface area contributed by atoms with Crippen LogP contribution in [0, 0.1) is 11.8 Å². The van der Waals surface area contributed by atoms with E-state index in [-0.39, 0.29) is 23.2 Å². The molecule has 1 aliphatic carbocycles. The summed E-state index contributed by atoms with van der Waals surface area (Å²) in [6.45, 7) is 6.55. The molecule has 0 aromatic carbocycles. The van der Waals surface area contributed by atoms with E-state index in [0.717, 1.165) is 19.3 Å². The highest BCUT2D eigenvalue weighted by molar-refractivity contribution is 7.91. The number of sulfone groups is 1. The molecule has 1 fully saturated rings. The van der Waals surface area contributed by atoms with Gasteiger partial charge in [0.1, 0.15) is 9.84 Å². The summed E-state index contributed by atoms with van der Waals surface area (Å²) in [6, 6.07) is 0. The van der Waals surface area contributed by atoms with Crippen molar-refractivity contribution in [3.63, 3.8) is 0 Å². The van der Waals surface area contributed by atoms with Gasteiger partial charge in [-0.2, -0.15) is 0 Å². The van der Waals surface area contributed by atoms with Crippen molar-refractivity contribution < 1.29 is 18.3 Å². The van der Waals surface area contributed by atoms with Crippen molar-refractivity contribution in [1.29, 1.82) is 0 Å². The minimum atomic E-state index is -3.00. The largest absolute Gasteiger partial charge is 0.390 e. The van der Waals surface area contributed by atoms with Crippen molar-refractivity contribution in [3.8, 4) is 0 Å². The summed E-state index contributed by atoms with van der Waals surface area (Å²) < 4.78 is 29.0. The van der Waals surface area contributed by atoms with Gasteiger partial charge in [-0.15, -0.1) is 0 Å². The first-order valence-electron chi connectivity index (χ1n) is 7.25. The summed E-state index contributed by atoms with van der Waals surface area (Å²) in [5.41, 5.74) is 0. The van der Waals surface area contributed by atoms with Gasteiger partial charge in [0.05, 0.1) is 17.5 Å². The molecule has 0 heterocycles. The molecule has 4 unspecified atom stereocenters. The predicted molar refractivity (Wildman–Crippen MR) is 76.8 cm³/mol. The van der Waals surface area contributed by atoms with Crippen LogP contribution in [0.5, 0.6) is 0 Å². The maximum atomic E-state index is 11.7. The lowest BCUT2D eigenvalue weighted by molar-refractivity contribution is -0.0852. The third-order valence-electron chi connectivity index (χ3n) is 4.11. The van der Waals surface area contributed by atoms with Gasteiger partial charge < -0.3 is 9.84 Å². The third-order valence-corrected chi connectivity index (χ3v) is 5.75. The zero-order chi connectivity index (χ0) is 14.6. The minimum absolute atomic E-state index is 0.0347. The Morgan fingerprint density at radius 3 is 2.42 bits per heavy atom. The van der Waals surface area contributed by atoms with Gasteiger partial charge in [0.25, 0.3) is 0 Å². The highest BCUT2D eigenvalue weighted by atomic mass is 32.2. The van der Waals surface area contributed by atoms with E-state index in [1.54, 1.807) is 0 Å². The van der Waals surface area contributed by atoms with Gasteiger partial charge in [0.15, 0.2) is 0 Å². The van der Waals surface area contributed by atoms with E-state index in [9.17, 15) is 13.5 Å². The zero-order valence-electron chi connectivity index (χ0n) is 12.5. The lowest BCUT2D eigenvalue weighted by Crippen LogP contribution is -2.42. The molecular formula is C14H28O4S. The van der Waals surface area contributed by atoms with E-state index in [1.165, 1.54) is 6.26 Å². The molecule has 0 saturated heterocycles. The van der Waals surface area contributed by atoms with Crippen LogP contribution >= 0.6 is 0 Å². The summed E-state index contributed by atoms with van der Waals surface area (Å²) in [6.07, 6.45) is 3.59. The number of ether oxygens (including phenoxy) is 1. The molecule has 0 radical (unpaired) electrons. The molecule has 0 aromatic rings. The lowest BCUT2D eigenvalue weighted by atomic mass is 9.81. The molecule has 114 valence electrons. The first-order chi connectivity index (χ1) is 8.77. The first kappa shape index (κ1) is 16.9. The highest BCUT2D eigenvalue weighted by Crippen LogP contribution is 2.33. The van der Waals surface area contributed by atoms with Crippen molar-refractivity contribution in [2.75, 3.05) is 12.9 Å². The summed E-state index contributed by atoms with van der Waals surface area (Å²) >= 11 is 0. The van der Waals surface area contributed by atoms with Gasteiger partial charge >= 0.3 is 0 Å². The van der Waals surface area contributed by atoms with Gasteiger partial charge in [-0.1, -0.05) is 20.3 Å². The van der Waals surface area contributed by atoms with Crippen LogP contribution in [0.1, 0.15) is 46.5 Å². The Morgan fingerprint density at radius 1 is 1.32 bits per heavy atom. The van der Waals surface area contributed by atoms with E-state index in [2.05, 4.69) is 0 Å². The van der Waals surface area contributed by atoms with Crippen LogP contribution in [0.2, 0.25) is 0 Å². The van der Waals surface area contributed by atoms with Crippen LogP contribution in [0.3, 0.4) is 0 Å². The van der Waals surface area contributed by atoms with Gasteiger partial charge in [-0.25, -0.2) is 8.42 Å². The van der Waals surface area contributed by atoms with Crippen molar-refractivity contribution >= 4 is 9.84 Å². The molecule has 0 spiro atoms. The number of rotatable bonds is 6. The van der Waals surface area contributed by atoms with Crippen LogP contribution in [0.4, 0.5) is 0 Å². The van der Waals surface area contributed by atoms with Crippen molar-refractivity contribution in [3.05, 3.63) is 0 Å². The molecule has 0 aromatic heterocycles. The molecule has 0 amide bonds. The summed E-state index contributed by atoms with van der Waals surface area (Å²) in [5, 5.41) is 10.2. The molecule has 19 heavy (non-hydrogen) atoms. The molecule has 0 aliphatic heterocycles. The van der Waals surface area contributed by atoms with E-state index in [4.69, 9.17) is 4.74 Å². The molecule has 1 aliphatic rings. The minimum Gasteiger partial charge on any atom is -0.390 e. The fraction of sp³-hybridized carbons (Fsp3) is 1.00. The van der Waals surface area contributed by atoms with Gasteiger partial charge in [0.2, 0.25) is 0 Å². The van der Waals surface area contributed by atoms with Crippen LogP contribution in [0.25, 0.3) is 0 Å². The van der Waals surface area contributed by atoms with Crippen molar-refractivity contribution in [2.45, 2.75) is 63.9 Å². The highest BCUT2D eigenvalue weighted by Gasteiger charge is 2.36. The van der Waals surface area contributed by atoms with E-state index < -0.39 is 15.9 Å².